The van der Waals surface area contributed by atoms with Gasteiger partial charge in [0.25, 0.3) is 0 Å². The van der Waals surface area contributed by atoms with Crippen molar-refractivity contribution in [2.45, 2.75) is 26.4 Å². The second kappa shape index (κ2) is 7.12. The number of rotatable bonds is 6. The number of benzene rings is 1. The number of likely N-dealkylation sites (N-methyl/N-ethyl adjacent to an activating group) is 2. The molecule has 2 N–H and O–H groups in total. The Kier molecular flexibility index (Phi) is 6.12. The maximum atomic E-state index is 5.92. The summed E-state index contributed by atoms with van der Waals surface area (Å²) in [5, 5.41) is 0. The molecule has 1 rings (SSSR count). The molecule has 1 aromatic rings. The number of nitrogens with two attached hydrogens (primary N) is 1. The van der Waals surface area contributed by atoms with Crippen molar-refractivity contribution < 1.29 is 0 Å². The Bertz CT molecular complexity index is 379. The van der Waals surface area contributed by atoms with Crippen molar-refractivity contribution in [2.75, 3.05) is 32.9 Å². The summed E-state index contributed by atoms with van der Waals surface area (Å²) in [4.78, 5) is 4.69. The van der Waals surface area contributed by atoms with Crippen LogP contribution in [0.15, 0.2) is 22.7 Å². The highest BCUT2D eigenvalue weighted by atomic mass is 79.9. The zero-order valence-corrected chi connectivity index (χ0v) is 13.4. The van der Waals surface area contributed by atoms with Crippen LogP contribution in [0.25, 0.3) is 0 Å². The van der Waals surface area contributed by atoms with E-state index in [4.69, 9.17) is 5.73 Å². The Labute approximate surface area is 119 Å². The van der Waals surface area contributed by atoms with Crippen molar-refractivity contribution >= 4 is 21.6 Å². The lowest BCUT2D eigenvalue weighted by Crippen LogP contribution is -2.39. The van der Waals surface area contributed by atoms with Crippen LogP contribution in [-0.2, 0) is 6.54 Å². The van der Waals surface area contributed by atoms with Gasteiger partial charge in [0.05, 0.1) is 0 Å². The second-order valence-electron chi connectivity index (χ2n) is 5.03. The van der Waals surface area contributed by atoms with Crippen molar-refractivity contribution in [3.63, 3.8) is 0 Å². The van der Waals surface area contributed by atoms with Crippen LogP contribution in [0.4, 0.5) is 5.69 Å². The highest BCUT2D eigenvalue weighted by Gasteiger charge is 2.13. The summed E-state index contributed by atoms with van der Waals surface area (Å²) in [6.45, 7) is 7.54. The molecule has 0 aromatic heterocycles. The molecule has 0 aliphatic carbocycles. The fourth-order valence-electron chi connectivity index (χ4n) is 2.15. The van der Waals surface area contributed by atoms with E-state index < -0.39 is 0 Å². The first-order chi connectivity index (χ1) is 8.43. The van der Waals surface area contributed by atoms with Crippen LogP contribution in [-0.4, -0.2) is 43.0 Å². The first-order valence-corrected chi connectivity index (χ1v) is 7.16. The molecule has 1 aromatic carbocycles. The van der Waals surface area contributed by atoms with Crippen molar-refractivity contribution in [3.05, 3.63) is 28.2 Å². The first kappa shape index (κ1) is 15.5. The van der Waals surface area contributed by atoms with E-state index in [0.717, 1.165) is 29.8 Å². The van der Waals surface area contributed by atoms with Gasteiger partial charge in [-0.25, -0.2) is 0 Å². The Balaban J connectivity index is 2.70. The zero-order chi connectivity index (χ0) is 13.7. The maximum absolute atomic E-state index is 5.92. The normalized spacial score (nSPS) is 13.3. The quantitative estimate of drug-likeness (QED) is 0.820. The molecule has 4 heteroatoms. The van der Waals surface area contributed by atoms with Gasteiger partial charge in [0.15, 0.2) is 0 Å². The minimum Gasteiger partial charge on any atom is -0.398 e. The van der Waals surface area contributed by atoms with Gasteiger partial charge in [-0.2, -0.15) is 0 Å². The molecule has 0 aliphatic rings. The van der Waals surface area contributed by atoms with Gasteiger partial charge in [-0.1, -0.05) is 13.0 Å². The standard InChI is InChI=1S/C14H24BrN3/c1-5-18(11(2)9-17(3)4)10-12-6-7-13(15)14(16)8-12/h6-8,11H,5,9-10,16H2,1-4H3. The summed E-state index contributed by atoms with van der Waals surface area (Å²) in [6, 6.07) is 6.74. The number of anilines is 1. The molecule has 0 spiro atoms. The van der Waals surface area contributed by atoms with E-state index in [0.29, 0.717) is 6.04 Å². The fourth-order valence-corrected chi connectivity index (χ4v) is 2.40. The topological polar surface area (TPSA) is 32.5 Å². The van der Waals surface area contributed by atoms with Gasteiger partial charge in [0.2, 0.25) is 0 Å². The second-order valence-corrected chi connectivity index (χ2v) is 5.88. The van der Waals surface area contributed by atoms with Crippen LogP contribution >= 0.6 is 15.9 Å². The molecule has 0 radical (unpaired) electrons. The van der Waals surface area contributed by atoms with Gasteiger partial charge >= 0.3 is 0 Å². The van der Waals surface area contributed by atoms with Gasteiger partial charge in [-0.3, -0.25) is 4.90 Å². The van der Waals surface area contributed by atoms with Crippen LogP contribution in [0, 0.1) is 0 Å². The number of hydrogen-bond donors (Lipinski definition) is 1. The van der Waals surface area contributed by atoms with Crippen molar-refractivity contribution in [2.24, 2.45) is 0 Å². The van der Waals surface area contributed by atoms with Crippen LogP contribution in [0.3, 0.4) is 0 Å². The predicted octanol–water partition coefficient (Wildman–Crippen LogP) is 2.80. The molecule has 3 nitrogen and oxygen atoms in total. The highest BCUT2D eigenvalue weighted by Crippen LogP contribution is 2.21. The summed E-state index contributed by atoms with van der Waals surface area (Å²) in [5.41, 5.74) is 8.00. The molecule has 0 saturated carbocycles. The summed E-state index contributed by atoms with van der Waals surface area (Å²) >= 11 is 3.43. The number of nitrogens with zero attached hydrogens (tertiary/aromatic N) is 2. The SMILES string of the molecule is CCN(Cc1ccc(Br)c(N)c1)C(C)CN(C)C. The molecular formula is C14H24BrN3. The van der Waals surface area contributed by atoms with E-state index in [1.807, 2.05) is 6.07 Å². The number of nitrogen functional groups attached to an aromatic ring is 1. The lowest BCUT2D eigenvalue weighted by atomic mass is 10.1. The first-order valence-electron chi connectivity index (χ1n) is 6.36. The average Bonchev–Trinajstić information content (AvgIpc) is 2.29. The van der Waals surface area contributed by atoms with Gasteiger partial charge in [0.1, 0.15) is 0 Å². The van der Waals surface area contributed by atoms with Gasteiger partial charge in [-0.05, 0) is 61.2 Å². The van der Waals surface area contributed by atoms with E-state index in [2.05, 4.69) is 65.8 Å². The predicted molar refractivity (Wildman–Crippen MR) is 82.7 cm³/mol. The van der Waals surface area contributed by atoms with Crippen LogP contribution in [0.5, 0.6) is 0 Å². The molecule has 0 bridgehead atoms. The third-order valence-corrected chi connectivity index (χ3v) is 3.83. The smallest absolute Gasteiger partial charge is 0.0461 e. The van der Waals surface area contributed by atoms with E-state index in [1.54, 1.807) is 0 Å². The Morgan fingerprint density at radius 1 is 1.33 bits per heavy atom. The van der Waals surface area contributed by atoms with Crippen molar-refractivity contribution in [3.8, 4) is 0 Å². The molecule has 0 aliphatic heterocycles. The van der Waals surface area contributed by atoms with Crippen molar-refractivity contribution in [1.82, 2.24) is 9.80 Å². The summed E-state index contributed by atoms with van der Waals surface area (Å²) in [7, 11) is 4.23. The van der Waals surface area contributed by atoms with Crippen molar-refractivity contribution in [1.29, 1.82) is 0 Å². The summed E-state index contributed by atoms with van der Waals surface area (Å²) in [5.74, 6) is 0. The minimum absolute atomic E-state index is 0.537. The monoisotopic (exact) mass is 313 g/mol. The van der Waals surface area contributed by atoms with Crippen LogP contribution in [0.2, 0.25) is 0 Å². The number of hydrogen-bond acceptors (Lipinski definition) is 3. The Morgan fingerprint density at radius 2 is 2.00 bits per heavy atom. The minimum atomic E-state index is 0.537. The third kappa shape index (κ3) is 4.59. The third-order valence-electron chi connectivity index (χ3n) is 3.10. The molecule has 102 valence electrons. The highest BCUT2D eigenvalue weighted by molar-refractivity contribution is 9.10. The van der Waals surface area contributed by atoms with Crippen LogP contribution < -0.4 is 5.73 Å². The number of halogens is 1. The lowest BCUT2D eigenvalue weighted by molar-refractivity contribution is 0.174. The van der Waals surface area contributed by atoms with Gasteiger partial charge in [0, 0.05) is 29.3 Å². The molecule has 1 atom stereocenters. The van der Waals surface area contributed by atoms with E-state index in [9.17, 15) is 0 Å². The summed E-state index contributed by atoms with van der Waals surface area (Å²) < 4.78 is 0.968. The van der Waals surface area contributed by atoms with Gasteiger partial charge in [-0.15, -0.1) is 0 Å². The molecule has 0 fully saturated rings. The lowest BCUT2D eigenvalue weighted by Gasteiger charge is -2.30. The summed E-state index contributed by atoms with van der Waals surface area (Å²) in [6.07, 6.45) is 0. The van der Waals surface area contributed by atoms with Gasteiger partial charge < -0.3 is 10.6 Å². The van der Waals surface area contributed by atoms with E-state index >= 15 is 0 Å². The molecular weight excluding hydrogens is 290 g/mol. The Hall–Kier alpha value is -0.580. The fraction of sp³-hybridized carbons (Fsp3) is 0.571. The molecule has 0 heterocycles. The molecule has 18 heavy (non-hydrogen) atoms. The maximum Gasteiger partial charge on any atom is 0.0461 e. The zero-order valence-electron chi connectivity index (χ0n) is 11.8. The molecule has 1 unspecified atom stereocenters. The molecule has 0 saturated heterocycles. The van der Waals surface area contributed by atoms with E-state index in [-0.39, 0.29) is 0 Å². The van der Waals surface area contributed by atoms with E-state index in [1.165, 1.54) is 5.56 Å². The largest absolute Gasteiger partial charge is 0.398 e. The Morgan fingerprint density at radius 3 is 2.50 bits per heavy atom. The average molecular weight is 314 g/mol. The molecule has 0 amide bonds. The van der Waals surface area contributed by atoms with Crippen LogP contribution in [0.1, 0.15) is 19.4 Å².